The highest BCUT2D eigenvalue weighted by Gasteiger charge is 2.21. The van der Waals surface area contributed by atoms with Gasteiger partial charge in [-0.05, 0) is 36.4 Å². The molecule has 0 saturated carbocycles. The molecule has 1 saturated heterocycles. The van der Waals surface area contributed by atoms with Gasteiger partial charge in [0.05, 0.1) is 18.3 Å². The Morgan fingerprint density at radius 2 is 1.87 bits per heavy atom. The SMILES string of the molecule is COc1cc2ncnc(Nc3ccc(Oc4cccc(-c5nnc(C)o5)c4)cc3F)c2cc1OC1CNC1. The summed E-state index contributed by atoms with van der Waals surface area (Å²) in [6.07, 6.45) is 1.47. The zero-order valence-electron chi connectivity index (χ0n) is 20.6. The Balaban J connectivity index is 1.24. The summed E-state index contributed by atoms with van der Waals surface area (Å²) >= 11 is 0. The summed E-state index contributed by atoms with van der Waals surface area (Å²) in [6.45, 7) is 3.24. The Morgan fingerprint density at radius 1 is 1.00 bits per heavy atom. The summed E-state index contributed by atoms with van der Waals surface area (Å²) in [5.41, 5.74) is 1.56. The van der Waals surface area contributed by atoms with E-state index in [1.807, 2.05) is 12.1 Å². The van der Waals surface area contributed by atoms with Crippen molar-refractivity contribution in [1.29, 1.82) is 0 Å². The highest BCUT2D eigenvalue weighted by atomic mass is 19.1. The van der Waals surface area contributed by atoms with Crippen LogP contribution in [0.3, 0.4) is 0 Å². The standard InChI is InChI=1S/C27H23FN6O4/c1-15-33-34-27(36-15)16-4-3-5-17(8-16)37-18-6-7-22(21(28)9-18)32-26-20-10-25(38-19-12-29-13-19)24(35-2)11-23(20)30-14-31-26/h3-11,14,19,29H,12-13H2,1-2H3,(H,30,31,32). The number of ether oxygens (including phenoxy) is 3. The molecule has 11 heteroatoms. The van der Waals surface area contributed by atoms with E-state index in [-0.39, 0.29) is 11.8 Å². The van der Waals surface area contributed by atoms with Gasteiger partial charge in [0.1, 0.15) is 35.6 Å². The lowest BCUT2D eigenvalue weighted by Gasteiger charge is -2.28. The van der Waals surface area contributed by atoms with Crippen molar-refractivity contribution in [2.45, 2.75) is 13.0 Å². The molecule has 0 radical (unpaired) electrons. The van der Waals surface area contributed by atoms with E-state index in [4.69, 9.17) is 18.6 Å². The summed E-state index contributed by atoms with van der Waals surface area (Å²) in [5, 5.41) is 14.8. The molecule has 1 fully saturated rings. The van der Waals surface area contributed by atoms with Crippen LogP contribution in [-0.4, -0.2) is 46.5 Å². The molecule has 38 heavy (non-hydrogen) atoms. The number of nitrogens with zero attached hydrogens (tertiary/aromatic N) is 4. The van der Waals surface area contributed by atoms with Gasteiger partial charge in [-0.1, -0.05) is 6.07 Å². The van der Waals surface area contributed by atoms with Gasteiger partial charge in [-0.15, -0.1) is 10.2 Å². The van der Waals surface area contributed by atoms with E-state index in [2.05, 4.69) is 30.8 Å². The minimum Gasteiger partial charge on any atom is -0.493 e. The number of methoxy groups -OCH3 is 1. The summed E-state index contributed by atoms with van der Waals surface area (Å²) in [6, 6.07) is 15.3. The van der Waals surface area contributed by atoms with Crippen molar-refractivity contribution in [1.82, 2.24) is 25.5 Å². The van der Waals surface area contributed by atoms with Crippen molar-refractivity contribution in [3.05, 3.63) is 72.6 Å². The topological polar surface area (TPSA) is 116 Å². The van der Waals surface area contributed by atoms with Gasteiger partial charge in [-0.25, -0.2) is 14.4 Å². The Labute approximate surface area is 216 Å². The van der Waals surface area contributed by atoms with Crippen LogP contribution in [0.15, 0.2) is 65.3 Å². The van der Waals surface area contributed by atoms with Crippen molar-refractivity contribution in [3.8, 4) is 34.5 Å². The molecule has 1 aliphatic heterocycles. The molecule has 5 aromatic rings. The molecule has 0 spiro atoms. The molecule has 0 atom stereocenters. The number of rotatable bonds is 8. The molecule has 1 aliphatic rings. The van der Waals surface area contributed by atoms with Crippen molar-refractivity contribution < 1.29 is 23.0 Å². The summed E-state index contributed by atoms with van der Waals surface area (Å²) < 4.78 is 38.0. The second-order valence-electron chi connectivity index (χ2n) is 8.66. The Kier molecular flexibility index (Phi) is 6.18. The number of hydrogen-bond acceptors (Lipinski definition) is 10. The maximum Gasteiger partial charge on any atom is 0.247 e. The third kappa shape index (κ3) is 4.78. The van der Waals surface area contributed by atoms with Crippen LogP contribution in [0, 0.1) is 12.7 Å². The maximum atomic E-state index is 15.1. The Morgan fingerprint density at radius 3 is 2.61 bits per heavy atom. The van der Waals surface area contributed by atoms with Gasteiger partial charge in [0.2, 0.25) is 11.8 Å². The number of hydrogen-bond donors (Lipinski definition) is 2. The van der Waals surface area contributed by atoms with Crippen molar-refractivity contribution in [2.75, 3.05) is 25.5 Å². The normalized spacial score (nSPS) is 13.2. The summed E-state index contributed by atoms with van der Waals surface area (Å²) in [4.78, 5) is 8.67. The molecule has 0 unspecified atom stereocenters. The monoisotopic (exact) mass is 514 g/mol. The molecule has 192 valence electrons. The smallest absolute Gasteiger partial charge is 0.247 e. The number of nitrogens with one attached hydrogen (secondary N) is 2. The number of aromatic nitrogens is 4. The Hall–Kier alpha value is -4.77. The highest BCUT2D eigenvalue weighted by molar-refractivity contribution is 5.93. The molecular formula is C27H23FN6O4. The third-order valence-electron chi connectivity index (χ3n) is 5.99. The van der Waals surface area contributed by atoms with E-state index >= 15 is 4.39 Å². The summed E-state index contributed by atoms with van der Waals surface area (Å²) in [5.74, 6) is 2.74. The first-order valence-electron chi connectivity index (χ1n) is 11.9. The molecule has 2 N–H and O–H groups in total. The quantitative estimate of drug-likeness (QED) is 0.292. The lowest BCUT2D eigenvalue weighted by Crippen LogP contribution is -2.50. The molecular weight excluding hydrogens is 491 g/mol. The molecule has 2 aromatic heterocycles. The number of aryl methyl sites for hydroxylation is 1. The molecule has 0 aliphatic carbocycles. The molecule has 0 bridgehead atoms. The van der Waals surface area contributed by atoms with Crippen LogP contribution in [0.4, 0.5) is 15.9 Å². The predicted octanol–water partition coefficient (Wildman–Crippen LogP) is 5.02. The Bertz CT molecular complexity index is 1620. The van der Waals surface area contributed by atoms with Gasteiger partial charge >= 0.3 is 0 Å². The third-order valence-corrected chi connectivity index (χ3v) is 5.99. The van der Waals surface area contributed by atoms with Gasteiger partial charge in [0, 0.05) is 43.1 Å². The van der Waals surface area contributed by atoms with Crippen molar-refractivity contribution >= 4 is 22.4 Å². The van der Waals surface area contributed by atoms with Gasteiger partial charge < -0.3 is 29.3 Å². The minimum atomic E-state index is -0.511. The van der Waals surface area contributed by atoms with Crippen LogP contribution >= 0.6 is 0 Å². The average molecular weight is 515 g/mol. The van der Waals surface area contributed by atoms with Gasteiger partial charge in [-0.3, -0.25) is 0 Å². The van der Waals surface area contributed by atoms with Crippen LogP contribution in [0.1, 0.15) is 5.89 Å². The lowest BCUT2D eigenvalue weighted by molar-refractivity contribution is 0.137. The second-order valence-corrected chi connectivity index (χ2v) is 8.66. The fourth-order valence-corrected chi connectivity index (χ4v) is 3.97. The minimum absolute atomic E-state index is 0.0594. The number of halogens is 1. The first-order chi connectivity index (χ1) is 18.6. The van der Waals surface area contributed by atoms with Gasteiger partial charge in [-0.2, -0.15) is 0 Å². The van der Waals surface area contributed by atoms with Crippen molar-refractivity contribution in [2.24, 2.45) is 0 Å². The van der Waals surface area contributed by atoms with Crippen LogP contribution in [0.5, 0.6) is 23.0 Å². The highest BCUT2D eigenvalue weighted by Crippen LogP contribution is 2.36. The summed E-state index contributed by atoms with van der Waals surface area (Å²) in [7, 11) is 1.58. The second kappa shape index (κ2) is 9.94. The van der Waals surface area contributed by atoms with Crippen LogP contribution in [-0.2, 0) is 0 Å². The largest absolute Gasteiger partial charge is 0.493 e. The number of fused-ring (bicyclic) bond motifs is 1. The fraction of sp³-hybridized carbons (Fsp3) is 0.185. The zero-order chi connectivity index (χ0) is 26.1. The van der Waals surface area contributed by atoms with E-state index in [0.29, 0.717) is 57.1 Å². The maximum absolute atomic E-state index is 15.1. The first-order valence-corrected chi connectivity index (χ1v) is 11.9. The predicted molar refractivity (Wildman–Crippen MR) is 138 cm³/mol. The van der Waals surface area contributed by atoms with Crippen molar-refractivity contribution in [3.63, 3.8) is 0 Å². The molecule has 10 nitrogen and oxygen atoms in total. The molecule has 6 rings (SSSR count). The number of anilines is 2. The van der Waals surface area contributed by atoms with Gasteiger partial charge in [0.15, 0.2) is 11.5 Å². The fourth-order valence-electron chi connectivity index (χ4n) is 3.97. The van der Waals surface area contributed by atoms with Crippen LogP contribution in [0.2, 0.25) is 0 Å². The molecule has 3 heterocycles. The lowest BCUT2D eigenvalue weighted by atomic mass is 10.2. The van der Waals surface area contributed by atoms with E-state index in [0.717, 1.165) is 13.1 Å². The van der Waals surface area contributed by atoms with Crippen LogP contribution in [0.25, 0.3) is 22.4 Å². The van der Waals surface area contributed by atoms with Gasteiger partial charge in [0.25, 0.3) is 0 Å². The van der Waals surface area contributed by atoms with E-state index < -0.39 is 5.82 Å². The molecule has 0 amide bonds. The first kappa shape index (κ1) is 23.6. The zero-order valence-corrected chi connectivity index (χ0v) is 20.6. The van der Waals surface area contributed by atoms with E-state index in [1.165, 1.54) is 12.4 Å². The van der Waals surface area contributed by atoms with E-state index in [1.54, 1.807) is 50.4 Å². The van der Waals surface area contributed by atoms with E-state index in [9.17, 15) is 0 Å². The van der Waals surface area contributed by atoms with Crippen LogP contribution < -0.4 is 24.8 Å². The molecule has 3 aromatic carbocycles. The number of benzene rings is 3. The average Bonchev–Trinajstić information content (AvgIpc) is 3.34.